The van der Waals surface area contributed by atoms with Crippen LogP contribution in [-0.2, 0) is 4.79 Å². The van der Waals surface area contributed by atoms with Crippen molar-refractivity contribution in [2.45, 2.75) is 32.6 Å². The largest absolute Gasteiger partial charge is 0.481 e. The zero-order chi connectivity index (χ0) is 12.7. The third-order valence-corrected chi connectivity index (χ3v) is 3.08. The Morgan fingerprint density at radius 3 is 2.82 bits per heavy atom. The molecule has 0 spiro atoms. The van der Waals surface area contributed by atoms with Gasteiger partial charge >= 0.3 is 5.97 Å². The molecule has 1 aromatic rings. The van der Waals surface area contributed by atoms with Crippen LogP contribution in [0.5, 0.6) is 0 Å². The SMILES string of the molecule is Cc1ccc(Br)cc1NCCCCCC(=O)O. The summed E-state index contributed by atoms with van der Waals surface area (Å²) in [4.78, 5) is 10.3. The van der Waals surface area contributed by atoms with Crippen LogP contribution in [0.1, 0.15) is 31.2 Å². The van der Waals surface area contributed by atoms with E-state index in [0.717, 1.165) is 36.0 Å². The van der Waals surface area contributed by atoms with Gasteiger partial charge in [0.25, 0.3) is 0 Å². The van der Waals surface area contributed by atoms with Crippen molar-refractivity contribution in [1.29, 1.82) is 0 Å². The number of carbonyl (C=O) groups is 1. The van der Waals surface area contributed by atoms with E-state index in [-0.39, 0.29) is 6.42 Å². The van der Waals surface area contributed by atoms with Crippen LogP contribution in [0.4, 0.5) is 5.69 Å². The number of aryl methyl sites for hydroxylation is 1. The number of anilines is 1. The molecular formula is C13H18BrNO2. The van der Waals surface area contributed by atoms with Gasteiger partial charge < -0.3 is 10.4 Å². The molecule has 0 atom stereocenters. The maximum absolute atomic E-state index is 10.3. The monoisotopic (exact) mass is 299 g/mol. The normalized spacial score (nSPS) is 10.2. The van der Waals surface area contributed by atoms with Gasteiger partial charge in [-0.1, -0.05) is 28.4 Å². The smallest absolute Gasteiger partial charge is 0.303 e. The number of carboxylic acid groups (broad SMARTS) is 1. The molecule has 94 valence electrons. The van der Waals surface area contributed by atoms with E-state index in [0.29, 0.717) is 0 Å². The van der Waals surface area contributed by atoms with Gasteiger partial charge in [0.15, 0.2) is 0 Å². The Balaban J connectivity index is 2.22. The van der Waals surface area contributed by atoms with Crippen LogP contribution in [0.25, 0.3) is 0 Å². The molecule has 0 fully saturated rings. The van der Waals surface area contributed by atoms with Crippen molar-refractivity contribution in [3.63, 3.8) is 0 Å². The third-order valence-electron chi connectivity index (χ3n) is 2.58. The quantitative estimate of drug-likeness (QED) is 0.753. The van der Waals surface area contributed by atoms with E-state index < -0.39 is 5.97 Å². The zero-order valence-electron chi connectivity index (χ0n) is 10.0. The lowest BCUT2D eigenvalue weighted by Gasteiger charge is -2.09. The Bertz CT molecular complexity index is 380. The van der Waals surface area contributed by atoms with Crippen LogP contribution < -0.4 is 5.32 Å². The second-order valence-electron chi connectivity index (χ2n) is 4.09. The van der Waals surface area contributed by atoms with Gasteiger partial charge in [-0.05, 0) is 37.5 Å². The average Bonchev–Trinajstić information content (AvgIpc) is 2.27. The molecule has 2 N–H and O–H groups in total. The van der Waals surface area contributed by atoms with Gasteiger partial charge in [-0.3, -0.25) is 4.79 Å². The number of nitrogens with one attached hydrogen (secondary N) is 1. The minimum Gasteiger partial charge on any atom is -0.481 e. The number of aliphatic carboxylic acids is 1. The van der Waals surface area contributed by atoms with Gasteiger partial charge in [-0.2, -0.15) is 0 Å². The Labute approximate surface area is 110 Å². The molecule has 0 saturated carbocycles. The summed E-state index contributed by atoms with van der Waals surface area (Å²) in [5.41, 5.74) is 2.36. The van der Waals surface area contributed by atoms with Gasteiger partial charge in [-0.25, -0.2) is 0 Å². The number of unbranched alkanes of at least 4 members (excludes halogenated alkanes) is 2. The summed E-state index contributed by atoms with van der Waals surface area (Å²) in [6, 6.07) is 6.15. The van der Waals surface area contributed by atoms with Crippen LogP contribution in [0.2, 0.25) is 0 Å². The fourth-order valence-electron chi connectivity index (χ4n) is 1.59. The first-order valence-corrected chi connectivity index (χ1v) is 6.60. The molecule has 0 saturated heterocycles. The predicted octanol–water partition coefficient (Wildman–Crippen LogP) is 3.81. The van der Waals surface area contributed by atoms with Gasteiger partial charge in [-0.15, -0.1) is 0 Å². The van der Waals surface area contributed by atoms with E-state index in [2.05, 4.69) is 40.3 Å². The van der Waals surface area contributed by atoms with Gasteiger partial charge in [0.05, 0.1) is 0 Å². The molecule has 1 aromatic carbocycles. The Morgan fingerprint density at radius 1 is 1.35 bits per heavy atom. The van der Waals surface area contributed by atoms with Gasteiger partial charge in [0.1, 0.15) is 0 Å². The molecule has 3 nitrogen and oxygen atoms in total. The standard InChI is InChI=1S/C13H18BrNO2/c1-10-6-7-11(14)9-12(10)15-8-4-2-3-5-13(16)17/h6-7,9,15H,2-5,8H2,1H3,(H,16,17). The molecule has 0 radical (unpaired) electrons. The molecule has 0 unspecified atom stereocenters. The summed E-state index contributed by atoms with van der Waals surface area (Å²) in [6.07, 6.45) is 2.98. The molecule has 0 bridgehead atoms. The van der Waals surface area contributed by atoms with Crippen molar-refractivity contribution >= 4 is 27.6 Å². The molecule has 1 rings (SSSR count). The maximum Gasteiger partial charge on any atom is 0.303 e. The van der Waals surface area contributed by atoms with E-state index in [4.69, 9.17) is 5.11 Å². The van der Waals surface area contributed by atoms with Gasteiger partial charge in [0.2, 0.25) is 0 Å². The Morgan fingerprint density at radius 2 is 2.12 bits per heavy atom. The summed E-state index contributed by atoms with van der Waals surface area (Å²) in [5.74, 6) is -0.708. The first-order valence-electron chi connectivity index (χ1n) is 5.81. The summed E-state index contributed by atoms with van der Waals surface area (Å²) in [6.45, 7) is 2.95. The molecule has 17 heavy (non-hydrogen) atoms. The molecular weight excluding hydrogens is 282 g/mol. The molecule has 0 aliphatic carbocycles. The fraction of sp³-hybridized carbons (Fsp3) is 0.462. The Hall–Kier alpha value is -1.03. The van der Waals surface area contributed by atoms with E-state index in [1.165, 1.54) is 5.56 Å². The van der Waals surface area contributed by atoms with Gasteiger partial charge in [0, 0.05) is 23.1 Å². The zero-order valence-corrected chi connectivity index (χ0v) is 11.6. The molecule has 0 amide bonds. The average molecular weight is 300 g/mol. The van der Waals surface area contributed by atoms with Crippen molar-refractivity contribution in [2.24, 2.45) is 0 Å². The molecule has 0 heterocycles. The number of rotatable bonds is 7. The highest BCUT2D eigenvalue weighted by Gasteiger charge is 1.99. The highest BCUT2D eigenvalue weighted by molar-refractivity contribution is 9.10. The second-order valence-corrected chi connectivity index (χ2v) is 5.01. The maximum atomic E-state index is 10.3. The molecule has 0 aliphatic heterocycles. The lowest BCUT2D eigenvalue weighted by atomic mass is 10.1. The van der Waals surface area contributed by atoms with Crippen LogP contribution >= 0.6 is 15.9 Å². The number of hydrogen-bond donors (Lipinski definition) is 2. The second kappa shape index (κ2) is 7.33. The summed E-state index contributed by atoms with van der Waals surface area (Å²) in [5, 5.41) is 11.9. The van der Waals surface area contributed by atoms with Crippen molar-refractivity contribution in [3.8, 4) is 0 Å². The van der Waals surface area contributed by atoms with Crippen LogP contribution in [-0.4, -0.2) is 17.6 Å². The molecule has 0 aromatic heterocycles. The lowest BCUT2D eigenvalue weighted by Crippen LogP contribution is -2.03. The highest BCUT2D eigenvalue weighted by atomic mass is 79.9. The molecule has 4 heteroatoms. The first-order chi connectivity index (χ1) is 8.09. The van der Waals surface area contributed by atoms with E-state index in [1.807, 2.05) is 6.07 Å². The Kier molecular flexibility index (Phi) is 6.05. The van der Waals surface area contributed by atoms with Crippen molar-refractivity contribution in [2.75, 3.05) is 11.9 Å². The lowest BCUT2D eigenvalue weighted by molar-refractivity contribution is -0.137. The van der Waals surface area contributed by atoms with E-state index in [9.17, 15) is 4.79 Å². The number of benzene rings is 1. The predicted molar refractivity (Wildman–Crippen MR) is 73.5 cm³/mol. The first kappa shape index (κ1) is 14.0. The summed E-state index contributed by atoms with van der Waals surface area (Å²) >= 11 is 3.44. The number of carboxylic acids is 1. The van der Waals surface area contributed by atoms with Crippen LogP contribution in [0.15, 0.2) is 22.7 Å². The molecule has 0 aliphatic rings. The van der Waals surface area contributed by atoms with Crippen molar-refractivity contribution in [3.05, 3.63) is 28.2 Å². The number of hydrogen-bond acceptors (Lipinski definition) is 2. The van der Waals surface area contributed by atoms with Crippen molar-refractivity contribution in [1.82, 2.24) is 0 Å². The fourth-order valence-corrected chi connectivity index (χ4v) is 1.95. The topological polar surface area (TPSA) is 49.3 Å². The minimum absolute atomic E-state index is 0.274. The summed E-state index contributed by atoms with van der Waals surface area (Å²) < 4.78 is 1.07. The van der Waals surface area contributed by atoms with Crippen LogP contribution in [0, 0.1) is 6.92 Å². The number of halogens is 1. The third kappa shape index (κ3) is 5.73. The minimum atomic E-state index is -0.708. The van der Waals surface area contributed by atoms with Crippen LogP contribution in [0.3, 0.4) is 0 Å². The highest BCUT2D eigenvalue weighted by Crippen LogP contribution is 2.20. The van der Waals surface area contributed by atoms with Crippen molar-refractivity contribution < 1.29 is 9.90 Å². The van der Waals surface area contributed by atoms with E-state index >= 15 is 0 Å². The summed E-state index contributed by atoms with van der Waals surface area (Å²) in [7, 11) is 0. The van der Waals surface area contributed by atoms with E-state index in [1.54, 1.807) is 0 Å².